The predicted molar refractivity (Wildman–Crippen MR) is 129 cm³/mol. The second-order valence-corrected chi connectivity index (χ2v) is 7.40. The van der Waals surface area contributed by atoms with Gasteiger partial charge >= 0.3 is 0 Å². The van der Waals surface area contributed by atoms with Crippen LogP contribution in [-0.2, 0) is 4.79 Å². The van der Waals surface area contributed by atoms with Crippen LogP contribution in [0.15, 0.2) is 78.9 Å². The fourth-order valence-electron chi connectivity index (χ4n) is 3.45. The third-order valence-electron chi connectivity index (χ3n) is 5.00. The van der Waals surface area contributed by atoms with Crippen LogP contribution >= 0.6 is 0 Å². The van der Waals surface area contributed by atoms with Gasteiger partial charge in [-0.2, -0.15) is 0 Å². The normalized spacial score (nSPS) is 13.0. The maximum absolute atomic E-state index is 10.8. The highest BCUT2D eigenvalue weighted by Gasteiger charge is 2.18. The van der Waals surface area contributed by atoms with Crippen LogP contribution in [0.5, 0.6) is 0 Å². The molecule has 0 aliphatic carbocycles. The zero-order valence-electron chi connectivity index (χ0n) is 18.0. The third kappa shape index (κ3) is 6.46. The number of primary amides is 1. The summed E-state index contributed by atoms with van der Waals surface area (Å²) >= 11 is 0. The largest absolute Gasteiger partial charge is 0.370 e. The van der Waals surface area contributed by atoms with Crippen molar-refractivity contribution in [3.8, 4) is 0 Å². The topological polar surface area (TPSA) is 105 Å². The van der Waals surface area contributed by atoms with Crippen LogP contribution in [0.3, 0.4) is 0 Å². The molecule has 1 aliphatic rings. The van der Waals surface area contributed by atoms with E-state index in [9.17, 15) is 14.9 Å². The highest BCUT2D eigenvalue weighted by molar-refractivity contribution is 5.70. The van der Waals surface area contributed by atoms with Crippen LogP contribution in [-0.4, -0.2) is 37.0 Å². The van der Waals surface area contributed by atoms with Crippen LogP contribution < -0.4 is 20.9 Å². The lowest BCUT2D eigenvalue weighted by atomic mass is 10.2. The van der Waals surface area contributed by atoms with E-state index in [0.717, 1.165) is 43.2 Å². The van der Waals surface area contributed by atoms with Crippen molar-refractivity contribution in [1.29, 1.82) is 0 Å². The van der Waals surface area contributed by atoms with Gasteiger partial charge in [0.15, 0.2) is 0 Å². The Kier molecular flexibility index (Phi) is 7.64. The Balaban J connectivity index is 0.000000668. The molecular weight excluding hydrogens is 406 g/mol. The number of nitro benzene ring substituents is 1. The average Bonchev–Trinajstić information content (AvgIpc) is 2.80. The number of para-hydroxylation sites is 1. The molecule has 3 aromatic rings. The molecule has 1 fully saturated rings. The monoisotopic (exact) mass is 433 g/mol. The molecule has 32 heavy (non-hydrogen) atoms. The fourth-order valence-corrected chi connectivity index (χ4v) is 3.45. The molecule has 0 aromatic heterocycles. The lowest BCUT2D eigenvalue weighted by molar-refractivity contribution is -0.384. The number of hydrogen-bond acceptors (Lipinski definition) is 6. The molecule has 0 unspecified atom stereocenters. The van der Waals surface area contributed by atoms with Gasteiger partial charge in [0.25, 0.3) is 5.69 Å². The summed E-state index contributed by atoms with van der Waals surface area (Å²) in [7, 11) is 0. The highest BCUT2D eigenvalue weighted by atomic mass is 16.6. The first-order valence-corrected chi connectivity index (χ1v) is 10.3. The van der Waals surface area contributed by atoms with E-state index in [1.807, 2.05) is 42.5 Å². The van der Waals surface area contributed by atoms with E-state index in [0.29, 0.717) is 0 Å². The van der Waals surface area contributed by atoms with E-state index in [4.69, 9.17) is 0 Å². The van der Waals surface area contributed by atoms with Crippen molar-refractivity contribution >= 4 is 34.3 Å². The van der Waals surface area contributed by atoms with Gasteiger partial charge in [-0.05, 0) is 48.5 Å². The average molecular weight is 434 g/mol. The first-order valence-electron chi connectivity index (χ1n) is 10.3. The first-order chi connectivity index (χ1) is 15.4. The Labute approximate surface area is 187 Å². The number of benzene rings is 3. The summed E-state index contributed by atoms with van der Waals surface area (Å²) in [5.74, 6) is -0.333. The number of non-ortho nitro benzene ring substituents is 1. The molecule has 0 bridgehead atoms. The number of hydrogen-bond donors (Lipinski definition) is 2. The van der Waals surface area contributed by atoms with E-state index >= 15 is 0 Å². The van der Waals surface area contributed by atoms with Crippen LogP contribution in [0.2, 0.25) is 0 Å². The molecule has 8 nitrogen and oxygen atoms in total. The Morgan fingerprint density at radius 2 is 1.22 bits per heavy atom. The van der Waals surface area contributed by atoms with E-state index in [-0.39, 0.29) is 16.5 Å². The molecule has 166 valence electrons. The van der Waals surface area contributed by atoms with Crippen molar-refractivity contribution in [2.75, 3.05) is 41.3 Å². The number of amides is 1. The molecule has 4 rings (SSSR count). The molecule has 0 atom stereocenters. The number of nitrogens with one attached hydrogen (secondary N) is 1. The van der Waals surface area contributed by atoms with Crippen LogP contribution in [0.4, 0.5) is 28.4 Å². The Hall–Kier alpha value is -4.07. The molecule has 1 aliphatic heterocycles. The summed E-state index contributed by atoms with van der Waals surface area (Å²) in [6.07, 6.45) is 0. The van der Waals surface area contributed by atoms with Gasteiger partial charge in [-0.1, -0.05) is 18.2 Å². The molecule has 0 spiro atoms. The summed E-state index contributed by atoms with van der Waals surface area (Å²) in [4.78, 5) is 24.3. The minimum atomic E-state index is -0.363. The predicted octanol–water partition coefficient (Wildman–Crippen LogP) is 4.16. The number of nitrogens with zero attached hydrogens (tertiary/aromatic N) is 3. The molecule has 0 radical (unpaired) electrons. The molecule has 8 heteroatoms. The van der Waals surface area contributed by atoms with E-state index < -0.39 is 0 Å². The van der Waals surface area contributed by atoms with Crippen LogP contribution in [0.25, 0.3) is 0 Å². The molecule has 1 amide bonds. The lowest BCUT2D eigenvalue weighted by Gasteiger charge is -2.37. The van der Waals surface area contributed by atoms with Gasteiger partial charge in [-0.3, -0.25) is 14.9 Å². The first kappa shape index (κ1) is 22.6. The van der Waals surface area contributed by atoms with Gasteiger partial charge in [0, 0.05) is 68.0 Å². The van der Waals surface area contributed by atoms with Gasteiger partial charge in [-0.15, -0.1) is 0 Å². The minimum Gasteiger partial charge on any atom is -0.370 e. The summed E-state index contributed by atoms with van der Waals surface area (Å²) in [6.45, 7) is 4.93. The Bertz CT molecular complexity index is 1010. The Morgan fingerprint density at radius 1 is 0.812 bits per heavy atom. The Morgan fingerprint density at radius 3 is 1.66 bits per heavy atom. The van der Waals surface area contributed by atoms with Crippen molar-refractivity contribution in [1.82, 2.24) is 0 Å². The van der Waals surface area contributed by atoms with Gasteiger partial charge in [0.2, 0.25) is 5.91 Å². The standard InChI is InChI=1S/C22H22N4O2.C2H5NO/c27-26(28)22-12-10-21(11-13-22)25-16-14-24(15-17-25)20-8-6-19(7-9-20)23-18-4-2-1-3-5-18;1-2(3)4/h1-13,23H,14-17H2;1H3,(H2,3,4). The number of carbonyl (C=O) groups excluding carboxylic acids is 1. The number of anilines is 4. The fraction of sp³-hybridized carbons (Fsp3) is 0.208. The van der Waals surface area contributed by atoms with Crippen molar-refractivity contribution in [3.63, 3.8) is 0 Å². The summed E-state index contributed by atoms with van der Waals surface area (Å²) in [6, 6.07) is 25.4. The molecule has 1 heterocycles. The molecule has 3 aromatic carbocycles. The van der Waals surface area contributed by atoms with Crippen molar-refractivity contribution in [3.05, 3.63) is 89.0 Å². The molecule has 1 saturated heterocycles. The second kappa shape index (κ2) is 10.8. The van der Waals surface area contributed by atoms with E-state index in [2.05, 4.69) is 45.1 Å². The van der Waals surface area contributed by atoms with Gasteiger partial charge in [0.05, 0.1) is 4.92 Å². The number of carbonyl (C=O) groups is 1. The summed E-state index contributed by atoms with van der Waals surface area (Å²) in [5, 5.41) is 14.2. The van der Waals surface area contributed by atoms with Crippen LogP contribution in [0.1, 0.15) is 6.92 Å². The van der Waals surface area contributed by atoms with Gasteiger partial charge in [0.1, 0.15) is 0 Å². The van der Waals surface area contributed by atoms with E-state index in [1.165, 1.54) is 12.6 Å². The quantitative estimate of drug-likeness (QED) is 0.462. The lowest BCUT2D eigenvalue weighted by Crippen LogP contribution is -2.46. The maximum atomic E-state index is 10.8. The van der Waals surface area contributed by atoms with E-state index in [1.54, 1.807) is 12.1 Å². The second-order valence-electron chi connectivity index (χ2n) is 7.40. The third-order valence-corrected chi connectivity index (χ3v) is 5.00. The van der Waals surface area contributed by atoms with Crippen molar-refractivity contribution in [2.45, 2.75) is 6.92 Å². The number of rotatable bonds is 5. The number of piperazine rings is 1. The SMILES string of the molecule is CC(N)=O.O=[N+]([O-])c1ccc(N2CCN(c3ccc(Nc4ccccc4)cc3)CC2)cc1. The number of nitrogens with two attached hydrogens (primary N) is 1. The highest BCUT2D eigenvalue weighted by Crippen LogP contribution is 2.24. The molecule has 3 N–H and O–H groups in total. The number of nitro groups is 1. The summed E-state index contributed by atoms with van der Waals surface area (Å²) < 4.78 is 0. The zero-order chi connectivity index (χ0) is 22.9. The summed E-state index contributed by atoms with van der Waals surface area (Å²) in [5.41, 5.74) is 8.99. The van der Waals surface area contributed by atoms with Crippen molar-refractivity contribution in [2.24, 2.45) is 5.73 Å². The van der Waals surface area contributed by atoms with Gasteiger partial charge in [-0.25, -0.2) is 0 Å². The minimum absolute atomic E-state index is 0.131. The van der Waals surface area contributed by atoms with Crippen LogP contribution in [0, 0.1) is 10.1 Å². The van der Waals surface area contributed by atoms with Crippen molar-refractivity contribution < 1.29 is 9.72 Å². The smallest absolute Gasteiger partial charge is 0.269 e. The molecular formula is C24H27N5O3. The maximum Gasteiger partial charge on any atom is 0.269 e. The zero-order valence-corrected chi connectivity index (χ0v) is 18.0. The van der Waals surface area contributed by atoms with Gasteiger partial charge < -0.3 is 20.9 Å². The molecule has 0 saturated carbocycles.